The number of hydrogen-bond donors (Lipinski definition) is 4. The third-order valence-corrected chi connectivity index (χ3v) is 14.0. The van der Waals surface area contributed by atoms with Gasteiger partial charge in [-0.2, -0.15) is 12.7 Å². The van der Waals surface area contributed by atoms with Crippen LogP contribution in [0.25, 0.3) is 22.2 Å². The number of piperidine rings is 3. The molecule has 0 aliphatic carbocycles. The molecule has 1 unspecified atom stereocenters. The van der Waals surface area contributed by atoms with Crippen molar-refractivity contribution in [3.05, 3.63) is 107 Å². The maximum Gasteiger partial charge on any atom is 0.301 e. The maximum atomic E-state index is 15.9. The molecule has 15 nitrogen and oxygen atoms in total. The monoisotopic (exact) mass is 932 g/mol. The van der Waals surface area contributed by atoms with Crippen LogP contribution in [0.1, 0.15) is 72.9 Å². The van der Waals surface area contributed by atoms with Gasteiger partial charge in [-0.05, 0) is 79.1 Å². The molecule has 1 atom stereocenters. The highest BCUT2D eigenvalue weighted by atomic mass is 35.5. The number of para-hydroxylation sites is 1. The number of imide groups is 1. The van der Waals surface area contributed by atoms with E-state index in [9.17, 15) is 27.6 Å². The predicted octanol–water partition coefficient (Wildman–Crippen LogP) is 5.92. The van der Waals surface area contributed by atoms with E-state index in [4.69, 9.17) is 4.74 Å². The third kappa shape index (κ3) is 10.1. The highest BCUT2D eigenvalue weighted by molar-refractivity contribution is 7.90. The number of carbonyl (C=O) groups excluding carboxylic acids is 4. The van der Waals surface area contributed by atoms with Crippen molar-refractivity contribution < 1.29 is 41.1 Å². The molecular formula is C46H51ClF2N8O7S. The van der Waals surface area contributed by atoms with E-state index in [-0.39, 0.29) is 55.3 Å². The maximum absolute atomic E-state index is 15.9. The number of anilines is 2. The van der Waals surface area contributed by atoms with Crippen molar-refractivity contribution in [2.24, 2.45) is 0 Å². The molecule has 5 aromatic rings. The van der Waals surface area contributed by atoms with Crippen LogP contribution >= 0.6 is 12.4 Å². The zero-order valence-corrected chi connectivity index (χ0v) is 37.6. The molecule has 3 saturated heterocycles. The van der Waals surface area contributed by atoms with Crippen LogP contribution in [-0.4, -0.2) is 110 Å². The number of ether oxygens (including phenoxy) is 1. The fourth-order valence-electron chi connectivity index (χ4n) is 8.70. The summed E-state index contributed by atoms with van der Waals surface area (Å²) in [5.74, 6) is -3.21. The number of benzene rings is 3. The largest absolute Gasteiger partial charge is 0.481 e. The smallest absolute Gasteiger partial charge is 0.301 e. The van der Waals surface area contributed by atoms with Gasteiger partial charge in [0.2, 0.25) is 17.6 Å². The molecule has 3 aliphatic heterocycles. The van der Waals surface area contributed by atoms with Gasteiger partial charge < -0.3 is 24.8 Å². The molecule has 65 heavy (non-hydrogen) atoms. The van der Waals surface area contributed by atoms with Crippen molar-refractivity contribution in [1.29, 1.82) is 0 Å². The normalized spacial score (nSPS) is 17.5. The molecule has 0 bridgehead atoms. The number of pyridine rings is 1. The molecule has 0 spiro atoms. The van der Waals surface area contributed by atoms with E-state index in [1.807, 2.05) is 53.4 Å². The topological polar surface area (TPSA) is 186 Å². The molecule has 0 saturated carbocycles. The lowest BCUT2D eigenvalue weighted by Crippen LogP contribution is -2.48. The van der Waals surface area contributed by atoms with Gasteiger partial charge in [-0.15, -0.1) is 12.4 Å². The first kappa shape index (κ1) is 47.0. The Morgan fingerprint density at radius 3 is 2.35 bits per heavy atom. The second-order valence-corrected chi connectivity index (χ2v) is 18.1. The number of carbonyl (C=O) groups is 4. The number of nitrogens with one attached hydrogen (secondary N) is 4. The van der Waals surface area contributed by atoms with Crippen LogP contribution in [0.15, 0.2) is 79.1 Å². The minimum Gasteiger partial charge on any atom is -0.481 e. The fraction of sp³-hybridized carbons (Fsp3) is 0.370. The summed E-state index contributed by atoms with van der Waals surface area (Å²) in [6, 6.07) is 19.1. The standard InChI is InChI=1S/C46H50F2N8O7S.ClH/c1-3-54(2)64(61,62)53-36-13-12-35(47)42(43(36)48)44(59)34-26-51-45-41(34)33(16-21-49-45)32-6-4-5-7-37(32)55-24-19-30(20-25-55)50-27-40(58)56-22-17-29(18-23-56)28-8-10-31(11-9-28)63-38-14-15-39(57)52-46(38)60;/h4-13,16,21,26,29-30,38,50,53H,3,14-15,17-20,22-25,27H2,1-2H3,(H,49,51)(H,52,57,60);1H. The summed E-state index contributed by atoms with van der Waals surface area (Å²) in [5, 5.41) is 6.16. The van der Waals surface area contributed by atoms with E-state index in [1.54, 1.807) is 19.2 Å². The lowest BCUT2D eigenvalue weighted by atomic mass is 9.89. The fourth-order valence-corrected chi connectivity index (χ4v) is 9.63. The highest BCUT2D eigenvalue weighted by Crippen LogP contribution is 2.39. The van der Waals surface area contributed by atoms with Crippen LogP contribution in [0, 0.1) is 11.6 Å². The Morgan fingerprint density at radius 2 is 1.65 bits per heavy atom. The molecule has 3 amide bonds. The zero-order chi connectivity index (χ0) is 45.1. The molecule has 3 fully saturated rings. The average molecular weight is 933 g/mol. The van der Waals surface area contributed by atoms with Gasteiger partial charge in [-0.25, -0.2) is 13.8 Å². The number of amides is 3. The number of ketones is 1. The van der Waals surface area contributed by atoms with Crippen LogP contribution in [0.4, 0.5) is 20.2 Å². The Morgan fingerprint density at radius 1 is 0.923 bits per heavy atom. The molecule has 4 N–H and O–H groups in total. The second kappa shape index (κ2) is 20.1. The summed E-state index contributed by atoms with van der Waals surface area (Å²) in [6.45, 7) is 4.62. The van der Waals surface area contributed by atoms with Crippen LogP contribution in [0.3, 0.4) is 0 Å². The van der Waals surface area contributed by atoms with Crippen LogP contribution < -0.4 is 25.0 Å². The molecule has 8 rings (SSSR count). The number of hydrogen-bond acceptors (Lipinski definition) is 10. The quantitative estimate of drug-likeness (QED) is 0.0770. The molecule has 3 aliphatic rings. The van der Waals surface area contributed by atoms with E-state index < -0.39 is 50.9 Å². The first-order valence-electron chi connectivity index (χ1n) is 21.5. The zero-order valence-electron chi connectivity index (χ0n) is 35.9. The van der Waals surface area contributed by atoms with Gasteiger partial charge >= 0.3 is 10.2 Å². The van der Waals surface area contributed by atoms with Gasteiger partial charge in [0, 0.05) is 87.7 Å². The van der Waals surface area contributed by atoms with Crippen molar-refractivity contribution >= 4 is 68.5 Å². The number of rotatable bonds is 14. The SMILES string of the molecule is CCN(C)S(=O)(=O)Nc1ccc(F)c(C(=O)c2c[nH]c3nccc(-c4ccccc4N4CCC(NCC(=O)N5CCC(c6ccc(OC7CCC(=O)NC7=O)cc6)CC5)CC4)c23)c1F.Cl. The summed E-state index contributed by atoms with van der Waals surface area (Å²) < 4.78 is 65.4. The van der Waals surface area contributed by atoms with Crippen molar-refractivity contribution in [3.63, 3.8) is 0 Å². The Hall–Kier alpha value is -5.95. The van der Waals surface area contributed by atoms with E-state index in [0.717, 1.165) is 58.9 Å². The highest BCUT2D eigenvalue weighted by Gasteiger charge is 2.31. The van der Waals surface area contributed by atoms with Gasteiger partial charge in [-0.1, -0.05) is 37.3 Å². The molecule has 0 radical (unpaired) electrons. The van der Waals surface area contributed by atoms with Crippen molar-refractivity contribution in [1.82, 2.24) is 29.8 Å². The number of H-pyrrole nitrogens is 1. The number of aromatic nitrogens is 2. The van der Waals surface area contributed by atoms with Gasteiger partial charge in [0.1, 0.15) is 17.2 Å². The number of nitrogens with zero attached hydrogens (tertiary/aromatic N) is 4. The van der Waals surface area contributed by atoms with Crippen LogP contribution in [0.5, 0.6) is 5.75 Å². The van der Waals surface area contributed by atoms with E-state index in [0.29, 0.717) is 60.9 Å². The Kier molecular flexibility index (Phi) is 14.5. The number of aromatic amines is 1. The third-order valence-electron chi connectivity index (χ3n) is 12.5. The molecule has 19 heteroatoms. The predicted molar refractivity (Wildman–Crippen MR) is 244 cm³/mol. The summed E-state index contributed by atoms with van der Waals surface area (Å²) in [4.78, 5) is 62.4. The molecular weight excluding hydrogens is 882 g/mol. The first-order chi connectivity index (χ1) is 30.8. The van der Waals surface area contributed by atoms with Crippen molar-refractivity contribution in [3.8, 4) is 16.9 Å². The lowest BCUT2D eigenvalue weighted by Gasteiger charge is -2.36. The van der Waals surface area contributed by atoms with E-state index in [1.165, 1.54) is 13.2 Å². The van der Waals surface area contributed by atoms with Gasteiger partial charge in [-0.3, -0.25) is 29.2 Å². The Labute approximate surface area is 381 Å². The van der Waals surface area contributed by atoms with Gasteiger partial charge in [0.15, 0.2) is 11.9 Å². The van der Waals surface area contributed by atoms with E-state index >= 15 is 8.78 Å². The first-order valence-corrected chi connectivity index (χ1v) is 22.9. The molecule has 344 valence electrons. The molecule has 3 aromatic carbocycles. The van der Waals surface area contributed by atoms with Gasteiger partial charge in [0.25, 0.3) is 5.91 Å². The minimum absolute atomic E-state index is 0. The van der Waals surface area contributed by atoms with Gasteiger partial charge in [0.05, 0.1) is 23.4 Å². The van der Waals surface area contributed by atoms with Crippen LogP contribution in [-0.2, 0) is 24.6 Å². The number of fused-ring (bicyclic) bond motifs is 1. The van der Waals surface area contributed by atoms with E-state index in [2.05, 4.69) is 30.2 Å². The summed E-state index contributed by atoms with van der Waals surface area (Å²) >= 11 is 0. The Bertz CT molecular complexity index is 2690. The Balaban J connectivity index is 0.00000630. The summed E-state index contributed by atoms with van der Waals surface area (Å²) in [5.41, 5.74) is 2.32. The van der Waals surface area contributed by atoms with Crippen molar-refractivity contribution in [2.45, 2.75) is 63.5 Å². The molecule has 5 heterocycles. The second-order valence-electron chi connectivity index (χ2n) is 16.4. The van der Waals surface area contributed by atoms with Crippen LogP contribution in [0.2, 0.25) is 0 Å². The number of halogens is 3. The molecule has 2 aromatic heterocycles. The summed E-state index contributed by atoms with van der Waals surface area (Å²) in [7, 11) is -2.86. The summed E-state index contributed by atoms with van der Waals surface area (Å²) in [6.07, 6.45) is 6.09. The lowest BCUT2D eigenvalue weighted by molar-refractivity contribution is -0.139. The average Bonchev–Trinajstić information content (AvgIpc) is 3.75. The minimum atomic E-state index is -4.17. The number of likely N-dealkylation sites (tertiary alicyclic amines) is 1. The van der Waals surface area contributed by atoms with Crippen molar-refractivity contribution in [2.75, 3.05) is 55.9 Å².